The number of hydrogen-bond acceptors (Lipinski definition) is 4. The largest absolute Gasteiger partial charge is 0.508 e. The van der Waals surface area contributed by atoms with Crippen LogP contribution in [-0.2, 0) is 9.84 Å². The van der Waals surface area contributed by atoms with Crippen molar-refractivity contribution in [1.82, 2.24) is 0 Å². The molecule has 0 spiro atoms. The lowest BCUT2D eigenvalue weighted by Gasteiger charge is -2.10. The Morgan fingerprint density at radius 2 is 2.06 bits per heavy atom. The number of benzene rings is 1. The normalized spacial score (nSPS) is 19.0. The first-order valence-corrected chi connectivity index (χ1v) is 6.41. The third kappa shape index (κ3) is 1.62. The molecule has 0 fully saturated rings. The minimum atomic E-state index is -3.41. The molecule has 2 N–H and O–H groups in total. The van der Waals surface area contributed by atoms with Crippen LogP contribution in [0.5, 0.6) is 5.75 Å². The van der Waals surface area contributed by atoms with Crippen molar-refractivity contribution >= 4 is 15.4 Å². The molecular weight excluding hydrogens is 228 g/mol. The van der Waals surface area contributed by atoms with Gasteiger partial charge in [-0.05, 0) is 23.8 Å². The first-order valence-electron chi connectivity index (χ1n) is 4.86. The van der Waals surface area contributed by atoms with Gasteiger partial charge in [0.2, 0.25) is 9.84 Å². The Bertz CT molecular complexity index is 557. The molecule has 0 aromatic heterocycles. The highest BCUT2D eigenvalue weighted by atomic mass is 32.2. The lowest BCUT2D eigenvalue weighted by molar-refractivity contribution is 0.266. The summed E-state index contributed by atoms with van der Waals surface area (Å²) in [4.78, 5) is 0.195. The van der Waals surface area contributed by atoms with Gasteiger partial charge in [0.25, 0.3) is 0 Å². The maximum atomic E-state index is 11.8. The molecule has 0 saturated carbocycles. The second-order valence-corrected chi connectivity index (χ2v) is 5.65. The Kier molecular flexibility index (Phi) is 2.52. The quantitative estimate of drug-likeness (QED) is 0.813. The monoisotopic (exact) mass is 240 g/mol. The van der Waals surface area contributed by atoms with E-state index in [0.29, 0.717) is 11.1 Å². The van der Waals surface area contributed by atoms with Crippen LogP contribution in [0.4, 0.5) is 0 Å². The Morgan fingerprint density at radius 3 is 2.69 bits per heavy atom. The number of sulfone groups is 1. The van der Waals surface area contributed by atoms with Crippen molar-refractivity contribution < 1.29 is 18.6 Å². The van der Waals surface area contributed by atoms with Gasteiger partial charge in [-0.2, -0.15) is 0 Å². The number of rotatable bonds is 2. The van der Waals surface area contributed by atoms with E-state index < -0.39 is 9.84 Å². The summed E-state index contributed by atoms with van der Waals surface area (Å²) in [6.07, 6.45) is 0. The third-order valence-electron chi connectivity index (χ3n) is 2.67. The second-order valence-electron chi connectivity index (χ2n) is 3.88. The first kappa shape index (κ1) is 11.2. The summed E-state index contributed by atoms with van der Waals surface area (Å²) in [5.41, 5.74) is 1.04. The zero-order valence-corrected chi connectivity index (χ0v) is 9.53. The van der Waals surface area contributed by atoms with Crippen molar-refractivity contribution in [3.8, 4) is 5.75 Å². The summed E-state index contributed by atoms with van der Waals surface area (Å²) >= 11 is 0. The Morgan fingerprint density at radius 1 is 1.38 bits per heavy atom. The standard InChI is InChI=1S/C11H12O4S/c1-7(5-12)10-6-16(14,15)11-3-2-8(13)4-9(10)11/h2-4,6-7,12-13H,5H2,1H3. The highest BCUT2D eigenvalue weighted by molar-refractivity contribution is 7.95. The van der Waals surface area contributed by atoms with E-state index in [1.807, 2.05) is 0 Å². The van der Waals surface area contributed by atoms with Crippen molar-refractivity contribution in [3.05, 3.63) is 29.2 Å². The summed E-state index contributed by atoms with van der Waals surface area (Å²) < 4.78 is 23.5. The van der Waals surface area contributed by atoms with E-state index in [1.165, 1.54) is 18.2 Å². The number of aromatic hydroxyl groups is 1. The maximum Gasteiger partial charge on any atom is 0.200 e. The molecule has 2 rings (SSSR count). The zero-order valence-electron chi connectivity index (χ0n) is 8.71. The molecule has 0 bridgehead atoms. The molecule has 1 aromatic carbocycles. The minimum Gasteiger partial charge on any atom is -0.508 e. The molecule has 4 nitrogen and oxygen atoms in total. The molecule has 0 amide bonds. The predicted molar refractivity (Wildman–Crippen MR) is 59.5 cm³/mol. The van der Waals surface area contributed by atoms with Crippen molar-refractivity contribution in [2.45, 2.75) is 11.8 Å². The highest BCUT2D eigenvalue weighted by Gasteiger charge is 2.29. The van der Waals surface area contributed by atoms with Gasteiger partial charge >= 0.3 is 0 Å². The van der Waals surface area contributed by atoms with E-state index in [-0.39, 0.29) is 23.2 Å². The van der Waals surface area contributed by atoms with Crippen molar-refractivity contribution in [2.24, 2.45) is 5.92 Å². The van der Waals surface area contributed by atoms with E-state index in [4.69, 9.17) is 5.11 Å². The number of phenols is 1. The van der Waals surface area contributed by atoms with Crippen LogP contribution < -0.4 is 0 Å². The van der Waals surface area contributed by atoms with Gasteiger partial charge in [-0.15, -0.1) is 0 Å². The number of aliphatic hydroxyl groups is 1. The summed E-state index contributed by atoms with van der Waals surface area (Å²) in [7, 11) is -3.41. The molecular formula is C11H12O4S. The van der Waals surface area contributed by atoms with Gasteiger partial charge < -0.3 is 10.2 Å². The lowest BCUT2D eigenvalue weighted by Crippen LogP contribution is -2.02. The van der Waals surface area contributed by atoms with Crippen molar-refractivity contribution in [2.75, 3.05) is 6.61 Å². The fourth-order valence-corrected chi connectivity index (χ4v) is 3.33. The molecule has 1 heterocycles. The van der Waals surface area contributed by atoms with Crippen LogP contribution in [0.3, 0.4) is 0 Å². The van der Waals surface area contributed by atoms with E-state index in [1.54, 1.807) is 6.92 Å². The smallest absolute Gasteiger partial charge is 0.200 e. The Hall–Kier alpha value is -1.33. The van der Waals surface area contributed by atoms with E-state index in [2.05, 4.69) is 0 Å². The number of aliphatic hydroxyl groups excluding tert-OH is 1. The van der Waals surface area contributed by atoms with Gasteiger partial charge in [0.05, 0.1) is 4.90 Å². The topological polar surface area (TPSA) is 74.6 Å². The molecule has 1 atom stereocenters. The van der Waals surface area contributed by atoms with Crippen LogP contribution in [0.2, 0.25) is 0 Å². The fraction of sp³-hybridized carbons (Fsp3) is 0.273. The van der Waals surface area contributed by atoms with Crippen LogP contribution in [0.15, 0.2) is 28.5 Å². The van der Waals surface area contributed by atoms with Gasteiger partial charge in [0.1, 0.15) is 5.75 Å². The molecule has 1 unspecified atom stereocenters. The summed E-state index contributed by atoms with van der Waals surface area (Å²) in [5.74, 6) is -0.246. The Balaban J connectivity index is 2.66. The number of fused-ring (bicyclic) bond motifs is 1. The van der Waals surface area contributed by atoms with Gasteiger partial charge in [-0.1, -0.05) is 6.92 Å². The van der Waals surface area contributed by atoms with E-state index >= 15 is 0 Å². The lowest BCUT2D eigenvalue weighted by atomic mass is 9.96. The van der Waals surface area contributed by atoms with Gasteiger partial charge in [-0.25, -0.2) is 8.42 Å². The van der Waals surface area contributed by atoms with Crippen molar-refractivity contribution in [1.29, 1.82) is 0 Å². The average molecular weight is 240 g/mol. The molecule has 0 radical (unpaired) electrons. The fourth-order valence-electron chi connectivity index (χ4n) is 1.77. The molecule has 86 valence electrons. The minimum absolute atomic E-state index is 0.0203. The van der Waals surface area contributed by atoms with E-state index in [9.17, 15) is 13.5 Å². The highest BCUT2D eigenvalue weighted by Crippen LogP contribution is 2.38. The van der Waals surface area contributed by atoms with Gasteiger partial charge in [-0.3, -0.25) is 0 Å². The molecule has 16 heavy (non-hydrogen) atoms. The predicted octanol–water partition coefficient (Wildman–Crippen LogP) is 1.15. The molecule has 0 saturated heterocycles. The van der Waals surface area contributed by atoms with E-state index in [0.717, 1.165) is 5.41 Å². The van der Waals surface area contributed by atoms with Gasteiger partial charge in [0, 0.05) is 23.5 Å². The molecule has 0 aliphatic carbocycles. The third-order valence-corrected chi connectivity index (χ3v) is 4.20. The molecule has 5 heteroatoms. The first-order chi connectivity index (χ1) is 7.45. The van der Waals surface area contributed by atoms with Crippen LogP contribution in [0, 0.1) is 5.92 Å². The van der Waals surface area contributed by atoms with Crippen molar-refractivity contribution in [3.63, 3.8) is 0 Å². The molecule has 1 aliphatic heterocycles. The SMILES string of the molecule is CC(CO)C1=CS(=O)(=O)c2ccc(O)cc21. The van der Waals surface area contributed by atoms with Crippen LogP contribution in [0.1, 0.15) is 12.5 Å². The number of phenolic OH excluding ortho intramolecular Hbond substituents is 1. The summed E-state index contributed by atoms with van der Waals surface area (Å²) in [5, 5.41) is 19.6. The summed E-state index contributed by atoms with van der Waals surface area (Å²) in [6, 6.07) is 4.14. The summed E-state index contributed by atoms with van der Waals surface area (Å²) in [6.45, 7) is 1.61. The number of hydrogen-bond donors (Lipinski definition) is 2. The molecule has 1 aliphatic rings. The zero-order chi connectivity index (χ0) is 11.9. The average Bonchev–Trinajstić information content (AvgIpc) is 2.49. The maximum absolute atomic E-state index is 11.8. The van der Waals surface area contributed by atoms with Crippen LogP contribution >= 0.6 is 0 Å². The Labute approximate surface area is 93.8 Å². The molecule has 1 aromatic rings. The van der Waals surface area contributed by atoms with Gasteiger partial charge in [0.15, 0.2) is 0 Å². The van der Waals surface area contributed by atoms with Crippen LogP contribution in [-0.4, -0.2) is 25.2 Å². The van der Waals surface area contributed by atoms with Crippen LogP contribution in [0.25, 0.3) is 5.57 Å². The second kappa shape index (κ2) is 3.61.